The van der Waals surface area contributed by atoms with Crippen molar-refractivity contribution in [3.8, 4) is 11.1 Å². The summed E-state index contributed by atoms with van der Waals surface area (Å²) in [5.41, 5.74) is 4.99. The number of nitrogens with zero attached hydrogens (tertiary/aromatic N) is 2. The Bertz CT molecular complexity index is 1120. The lowest BCUT2D eigenvalue weighted by Gasteiger charge is -2.26. The molecule has 0 saturated carbocycles. The molecule has 33 heavy (non-hydrogen) atoms. The molecule has 7 nitrogen and oxygen atoms in total. The lowest BCUT2D eigenvalue weighted by molar-refractivity contribution is 0.0695. The van der Waals surface area contributed by atoms with Gasteiger partial charge in [-0.15, -0.1) is 0 Å². The van der Waals surface area contributed by atoms with E-state index in [9.17, 15) is 9.90 Å². The third-order valence-corrected chi connectivity index (χ3v) is 6.08. The molecule has 3 heterocycles. The average Bonchev–Trinajstić information content (AvgIpc) is 3.20. The Morgan fingerprint density at radius 2 is 2.00 bits per heavy atom. The Morgan fingerprint density at radius 3 is 2.70 bits per heavy atom. The summed E-state index contributed by atoms with van der Waals surface area (Å²) in [4.78, 5) is 22.6. The molecule has 7 heteroatoms. The van der Waals surface area contributed by atoms with Crippen LogP contribution in [0.3, 0.4) is 0 Å². The summed E-state index contributed by atoms with van der Waals surface area (Å²) < 4.78 is 5.57. The van der Waals surface area contributed by atoms with Crippen LogP contribution in [0.4, 0.5) is 0 Å². The Morgan fingerprint density at radius 1 is 1.24 bits per heavy atom. The predicted molar refractivity (Wildman–Crippen MR) is 130 cm³/mol. The number of fused-ring (bicyclic) bond motifs is 1. The number of aliphatic hydroxyl groups is 1. The topological polar surface area (TPSA) is 90.5 Å². The average molecular weight is 451 g/mol. The third kappa shape index (κ3) is 5.61. The highest BCUT2D eigenvalue weighted by Gasteiger charge is 2.21. The van der Waals surface area contributed by atoms with Crippen molar-refractivity contribution in [2.24, 2.45) is 0 Å². The van der Waals surface area contributed by atoms with Crippen LogP contribution in [0.2, 0.25) is 0 Å². The van der Waals surface area contributed by atoms with Gasteiger partial charge in [-0.3, -0.25) is 4.79 Å². The lowest BCUT2D eigenvalue weighted by Crippen LogP contribution is -2.38. The van der Waals surface area contributed by atoms with Crippen LogP contribution in [0.5, 0.6) is 0 Å². The van der Waals surface area contributed by atoms with Crippen molar-refractivity contribution in [1.82, 2.24) is 20.2 Å². The van der Waals surface area contributed by atoms with Crippen LogP contribution in [-0.2, 0) is 11.3 Å². The Kier molecular flexibility index (Phi) is 6.83. The first-order valence-electron chi connectivity index (χ1n) is 11.5. The van der Waals surface area contributed by atoms with Crippen LogP contribution < -0.4 is 5.32 Å². The van der Waals surface area contributed by atoms with Gasteiger partial charge in [-0.25, -0.2) is 4.98 Å². The molecule has 0 spiro atoms. The molecule has 0 unspecified atom stereocenters. The van der Waals surface area contributed by atoms with E-state index in [0.717, 1.165) is 49.1 Å². The number of H-pyrrole nitrogens is 1. The minimum Gasteiger partial charge on any atom is -0.389 e. The van der Waals surface area contributed by atoms with Gasteiger partial charge in [0.15, 0.2) is 0 Å². The molecule has 0 aliphatic carbocycles. The number of ether oxygens (including phenoxy) is 1. The van der Waals surface area contributed by atoms with E-state index >= 15 is 0 Å². The Hall–Kier alpha value is -2.74. The Balaban J connectivity index is 1.67. The molecule has 0 bridgehead atoms. The van der Waals surface area contributed by atoms with Gasteiger partial charge in [0.05, 0.1) is 11.2 Å². The summed E-state index contributed by atoms with van der Waals surface area (Å²) in [7, 11) is 4.18. The zero-order valence-corrected chi connectivity index (χ0v) is 19.9. The number of aromatic amines is 1. The zero-order valence-electron chi connectivity index (χ0n) is 19.9. The van der Waals surface area contributed by atoms with E-state index in [2.05, 4.69) is 52.5 Å². The van der Waals surface area contributed by atoms with Gasteiger partial charge in [0, 0.05) is 49.6 Å². The highest BCUT2D eigenvalue weighted by Crippen LogP contribution is 2.33. The molecule has 176 valence electrons. The third-order valence-electron chi connectivity index (χ3n) is 6.08. The van der Waals surface area contributed by atoms with Crippen molar-refractivity contribution >= 4 is 16.9 Å². The number of amides is 1. The summed E-state index contributed by atoms with van der Waals surface area (Å²) in [6.07, 6.45) is 5.63. The summed E-state index contributed by atoms with van der Waals surface area (Å²) in [6, 6.07) is 8.69. The maximum absolute atomic E-state index is 12.7. The second-order valence-electron chi connectivity index (χ2n) is 9.86. The molecule has 0 atom stereocenters. The van der Waals surface area contributed by atoms with Gasteiger partial charge in [0.1, 0.15) is 5.65 Å². The monoisotopic (exact) mass is 450 g/mol. The number of aromatic nitrogens is 2. The molecule has 1 fully saturated rings. The van der Waals surface area contributed by atoms with E-state index in [-0.39, 0.29) is 12.5 Å². The summed E-state index contributed by atoms with van der Waals surface area (Å²) in [5, 5.41) is 13.5. The maximum atomic E-state index is 12.7. The summed E-state index contributed by atoms with van der Waals surface area (Å²) in [5.74, 6) is 0.296. The fraction of sp³-hybridized carbons (Fsp3) is 0.462. The molecule has 1 aliphatic rings. The van der Waals surface area contributed by atoms with Crippen LogP contribution in [0.15, 0.2) is 36.7 Å². The normalized spacial score (nSPS) is 15.3. The van der Waals surface area contributed by atoms with Crippen molar-refractivity contribution in [1.29, 1.82) is 0 Å². The molecule has 1 aromatic carbocycles. The first-order valence-corrected chi connectivity index (χ1v) is 11.5. The summed E-state index contributed by atoms with van der Waals surface area (Å²) in [6.45, 7) is 6.01. The quantitative estimate of drug-likeness (QED) is 0.511. The smallest absolute Gasteiger partial charge is 0.253 e. The number of carbonyl (C=O) groups excluding carboxylic acids is 1. The summed E-state index contributed by atoms with van der Waals surface area (Å²) >= 11 is 0. The highest BCUT2D eigenvalue weighted by atomic mass is 16.5. The maximum Gasteiger partial charge on any atom is 0.253 e. The molecule has 1 amide bonds. The molecule has 0 radical (unpaired) electrons. The van der Waals surface area contributed by atoms with Crippen LogP contribution in [0.25, 0.3) is 22.2 Å². The second kappa shape index (κ2) is 9.63. The van der Waals surface area contributed by atoms with Crippen LogP contribution >= 0.6 is 0 Å². The first kappa shape index (κ1) is 23.4. The zero-order chi connectivity index (χ0) is 23.6. The standard InChI is InChI=1S/C26H34N4O3/c1-26(2,32)16-29-25(31)23-14-28-24-22(23)12-19(13-27-24)18-5-6-21(17-7-9-33-10-8-17)20(11-18)15-30(3)4/h5-6,11-14,17,32H,7-10,15-16H2,1-4H3,(H,27,28)(H,29,31). The van der Waals surface area contributed by atoms with Crippen molar-refractivity contribution in [2.75, 3.05) is 33.9 Å². The molecular weight excluding hydrogens is 416 g/mol. The number of benzene rings is 1. The highest BCUT2D eigenvalue weighted by molar-refractivity contribution is 6.06. The molecule has 1 saturated heterocycles. The fourth-order valence-electron chi connectivity index (χ4n) is 4.41. The van der Waals surface area contributed by atoms with E-state index in [1.807, 2.05) is 12.3 Å². The molecule has 1 aliphatic heterocycles. The SMILES string of the molecule is CN(C)Cc1cc(-c2cnc3[nH]cc(C(=O)NCC(C)(C)O)c3c2)ccc1C1CCOCC1. The molecule has 3 N–H and O–H groups in total. The fourth-order valence-corrected chi connectivity index (χ4v) is 4.41. The van der Waals surface area contributed by atoms with Crippen molar-refractivity contribution < 1.29 is 14.6 Å². The van der Waals surface area contributed by atoms with E-state index in [1.54, 1.807) is 20.0 Å². The molecular formula is C26H34N4O3. The number of hydrogen-bond donors (Lipinski definition) is 3. The van der Waals surface area contributed by atoms with Gasteiger partial charge in [0.25, 0.3) is 5.91 Å². The molecule has 4 rings (SSSR count). The van der Waals surface area contributed by atoms with Crippen molar-refractivity contribution in [2.45, 2.75) is 44.8 Å². The van der Waals surface area contributed by atoms with Gasteiger partial charge in [0.2, 0.25) is 0 Å². The minimum absolute atomic E-state index is 0.174. The van der Waals surface area contributed by atoms with Gasteiger partial charge in [-0.2, -0.15) is 0 Å². The number of rotatable bonds is 7. The largest absolute Gasteiger partial charge is 0.389 e. The predicted octanol–water partition coefficient (Wildman–Crippen LogP) is 3.69. The van der Waals surface area contributed by atoms with E-state index in [1.165, 1.54) is 11.1 Å². The van der Waals surface area contributed by atoms with E-state index in [0.29, 0.717) is 17.1 Å². The Labute approximate surface area is 195 Å². The molecule has 3 aromatic rings. The van der Waals surface area contributed by atoms with Gasteiger partial charge in [-0.1, -0.05) is 12.1 Å². The van der Waals surface area contributed by atoms with Crippen molar-refractivity contribution in [3.63, 3.8) is 0 Å². The second-order valence-corrected chi connectivity index (χ2v) is 9.86. The van der Waals surface area contributed by atoms with Crippen LogP contribution in [0.1, 0.15) is 54.1 Å². The van der Waals surface area contributed by atoms with E-state index < -0.39 is 5.60 Å². The lowest BCUT2D eigenvalue weighted by atomic mass is 9.86. The van der Waals surface area contributed by atoms with E-state index in [4.69, 9.17) is 4.74 Å². The number of pyridine rings is 1. The number of nitrogens with one attached hydrogen (secondary N) is 2. The van der Waals surface area contributed by atoms with Crippen molar-refractivity contribution in [3.05, 3.63) is 53.3 Å². The van der Waals surface area contributed by atoms with Crippen LogP contribution in [-0.4, -0.2) is 65.3 Å². The number of carbonyl (C=O) groups is 1. The number of hydrogen-bond acceptors (Lipinski definition) is 5. The minimum atomic E-state index is -0.972. The van der Waals surface area contributed by atoms with Gasteiger partial charge in [-0.05, 0) is 75.5 Å². The van der Waals surface area contributed by atoms with Crippen LogP contribution in [0, 0.1) is 0 Å². The van der Waals surface area contributed by atoms with Gasteiger partial charge >= 0.3 is 0 Å². The first-order chi connectivity index (χ1) is 15.7. The molecule has 2 aromatic heterocycles. The van der Waals surface area contributed by atoms with Gasteiger partial charge < -0.3 is 25.0 Å².